The summed E-state index contributed by atoms with van der Waals surface area (Å²) < 4.78 is 0. The van der Waals surface area contributed by atoms with Crippen LogP contribution in [0.25, 0.3) is 0 Å². The zero-order valence-corrected chi connectivity index (χ0v) is 11.0. The van der Waals surface area contributed by atoms with E-state index in [4.69, 9.17) is 0 Å². The average molecular weight is 236 g/mol. The highest BCUT2D eigenvalue weighted by atomic mass is 14.1. The van der Waals surface area contributed by atoms with Gasteiger partial charge in [0, 0.05) is 5.92 Å². The molecule has 0 amide bonds. The van der Waals surface area contributed by atoms with Gasteiger partial charge in [-0.3, -0.25) is 0 Å². The van der Waals surface area contributed by atoms with E-state index in [1.54, 1.807) is 0 Å². The standard InChI is InChI=1S/C18H20/c1-15(13-14-17-9-5-3-6-10-17)16(2)18-11-7-4-8-12-18/h3-12,16H,1,13-14H2,2H3. The second kappa shape index (κ2) is 6.20. The molecule has 0 heteroatoms. The third-order valence-corrected chi connectivity index (χ3v) is 3.49. The van der Waals surface area contributed by atoms with Crippen molar-refractivity contribution in [2.45, 2.75) is 25.7 Å². The van der Waals surface area contributed by atoms with Gasteiger partial charge in [0.1, 0.15) is 0 Å². The monoisotopic (exact) mass is 236 g/mol. The second-order valence-corrected chi connectivity index (χ2v) is 4.78. The van der Waals surface area contributed by atoms with Gasteiger partial charge in [-0.05, 0) is 24.0 Å². The first-order valence-electron chi connectivity index (χ1n) is 6.54. The maximum absolute atomic E-state index is 4.25. The van der Waals surface area contributed by atoms with E-state index in [1.165, 1.54) is 16.7 Å². The SMILES string of the molecule is C=C(CCc1ccccc1)C(C)c1ccccc1. The van der Waals surface area contributed by atoms with Crippen molar-refractivity contribution in [3.63, 3.8) is 0 Å². The van der Waals surface area contributed by atoms with E-state index >= 15 is 0 Å². The fourth-order valence-corrected chi connectivity index (χ4v) is 2.14. The van der Waals surface area contributed by atoms with Gasteiger partial charge in [-0.2, -0.15) is 0 Å². The van der Waals surface area contributed by atoms with Crippen molar-refractivity contribution in [1.82, 2.24) is 0 Å². The predicted molar refractivity (Wildman–Crippen MR) is 78.8 cm³/mol. The molecule has 1 atom stereocenters. The smallest absolute Gasteiger partial charge is 0.00172 e. The number of benzene rings is 2. The van der Waals surface area contributed by atoms with E-state index in [2.05, 4.69) is 74.2 Å². The van der Waals surface area contributed by atoms with Gasteiger partial charge in [0.25, 0.3) is 0 Å². The molecule has 0 fully saturated rings. The lowest BCUT2D eigenvalue weighted by molar-refractivity contribution is 0.802. The number of allylic oxidation sites excluding steroid dienone is 1. The average Bonchev–Trinajstić information content (AvgIpc) is 2.46. The van der Waals surface area contributed by atoms with Crippen molar-refractivity contribution in [3.05, 3.63) is 83.9 Å². The molecule has 2 aromatic carbocycles. The van der Waals surface area contributed by atoms with Crippen LogP contribution in [0.4, 0.5) is 0 Å². The summed E-state index contributed by atoms with van der Waals surface area (Å²) in [4.78, 5) is 0. The van der Waals surface area contributed by atoms with E-state index in [-0.39, 0.29) is 0 Å². The Morgan fingerprint density at radius 1 is 0.944 bits per heavy atom. The Morgan fingerprint density at radius 2 is 1.50 bits per heavy atom. The van der Waals surface area contributed by atoms with Crippen LogP contribution in [0.3, 0.4) is 0 Å². The molecule has 0 aromatic heterocycles. The van der Waals surface area contributed by atoms with Gasteiger partial charge in [0.2, 0.25) is 0 Å². The molecule has 2 rings (SSSR count). The number of aryl methyl sites for hydroxylation is 1. The summed E-state index contributed by atoms with van der Waals surface area (Å²) in [6, 6.07) is 21.2. The summed E-state index contributed by atoms with van der Waals surface area (Å²) in [7, 11) is 0. The predicted octanol–water partition coefficient (Wildman–Crippen LogP) is 4.98. The van der Waals surface area contributed by atoms with Crippen LogP contribution in [0.1, 0.15) is 30.4 Å². The first kappa shape index (κ1) is 12.6. The van der Waals surface area contributed by atoms with Gasteiger partial charge in [-0.1, -0.05) is 79.7 Å². The second-order valence-electron chi connectivity index (χ2n) is 4.78. The molecule has 0 aliphatic rings. The molecule has 0 heterocycles. The Kier molecular flexibility index (Phi) is 4.35. The van der Waals surface area contributed by atoms with Crippen LogP contribution in [-0.4, -0.2) is 0 Å². The molecule has 2 aromatic rings. The third kappa shape index (κ3) is 3.33. The lowest BCUT2D eigenvalue weighted by atomic mass is 9.90. The van der Waals surface area contributed by atoms with Gasteiger partial charge in [-0.25, -0.2) is 0 Å². The van der Waals surface area contributed by atoms with Crippen molar-refractivity contribution in [3.8, 4) is 0 Å². The molecule has 0 saturated carbocycles. The van der Waals surface area contributed by atoms with Gasteiger partial charge < -0.3 is 0 Å². The van der Waals surface area contributed by atoms with Crippen LogP contribution in [0.2, 0.25) is 0 Å². The molecular formula is C18H20. The minimum atomic E-state index is 0.440. The molecular weight excluding hydrogens is 216 g/mol. The molecule has 0 saturated heterocycles. The van der Waals surface area contributed by atoms with Crippen molar-refractivity contribution < 1.29 is 0 Å². The fourth-order valence-electron chi connectivity index (χ4n) is 2.14. The molecule has 0 aliphatic heterocycles. The Labute approximate surface area is 110 Å². The normalized spacial score (nSPS) is 12.1. The summed E-state index contributed by atoms with van der Waals surface area (Å²) in [5.74, 6) is 0.440. The zero-order valence-electron chi connectivity index (χ0n) is 11.0. The Morgan fingerprint density at radius 3 is 2.11 bits per heavy atom. The van der Waals surface area contributed by atoms with E-state index in [1.807, 2.05) is 0 Å². The summed E-state index contributed by atoms with van der Waals surface area (Å²) in [6.45, 7) is 6.48. The molecule has 0 spiro atoms. The molecule has 0 nitrogen and oxygen atoms in total. The number of hydrogen-bond acceptors (Lipinski definition) is 0. The Balaban J connectivity index is 1.93. The summed E-state index contributed by atoms with van der Waals surface area (Å²) in [6.07, 6.45) is 2.14. The lowest BCUT2D eigenvalue weighted by Crippen LogP contribution is -1.98. The Bertz CT molecular complexity index is 482. The molecule has 0 N–H and O–H groups in total. The highest BCUT2D eigenvalue weighted by Crippen LogP contribution is 2.25. The fraction of sp³-hybridized carbons (Fsp3) is 0.222. The third-order valence-electron chi connectivity index (χ3n) is 3.49. The topological polar surface area (TPSA) is 0 Å². The first-order chi connectivity index (χ1) is 8.77. The van der Waals surface area contributed by atoms with Crippen molar-refractivity contribution in [2.24, 2.45) is 0 Å². The van der Waals surface area contributed by atoms with E-state index in [0.717, 1.165) is 12.8 Å². The van der Waals surface area contributed by atoms with Gasteiger partial charge >= 0.3 is 0 Å². The molecule has 18 heavy (non-hydrogen) atoms. The number of hydrogen-bond donors (Lipinski definition) is 0. The zero-order chi connectivity index (χ0) is 12.8. The molecule has 1 unspecified atom stereocenters. The summed E-state index contributed by atoms with van der Waals surface area (Å²) in [5, 5.41) is 0. The molecule has 92 valence electrons. The molecule has 0 aliphatic carbocycles. The molecule has 0 radical (unpaired) electrons. The van der Waals surface area contributed by atoms with Crippen molar-refractivity contribution in [1.29, 1.82) is 0 Å². The highest BCUT2D eigenvalue weighted by molar-refractivity contribution is 5.27. The van der Waals surface area contributed by atoms with Crippen LogP contribution in [-0.2, 0) is 6.42 Å². The molecule has 0 bridgehead atoms. The van der Waals surface area contributed by atoms with Gasteiger partial charge in [0.05, 0.1) is 0 Å². The maximum Gasteiger partial charge on any atom is 0.00172 e. The van der Waals surface area contributed by atoms with Crippen molar-refractivity contribution >= 4 is 0 Å². The van der Waals surface area contributed by atoms with Crippen LogP contribution < -0.4 is 0 Å². The number of rotatable bonds is 5. The van der Waals surface area contributed by atoms with Crippen LogP contribution in [0.5, 0.6) is 0 Å². The highest BCUT2D eigenvalue weighted by Gasteiger charge is 2.08. The van der Waals surface area contributed by atoms with Gasteiger partial charge in [0.15, 0.2) is 0 Å². The van der Waals surface area contributed by atoms with Crippen LogP contribution >= 0.6 is 0 Å². The van der Waals surface area contributed by atoms with Crippen LogP contribution in [0.15, 0.2) is 72.8 Å². The van der Waals surface area contributed by atoms with E-state index < -0.39 is 0 Å². The maximum atomic E-state index is 4.25. The van der Waals surface area contributed by atoms with Crippen LogP contribution in [0, 0.1) is 0 Å². The van der Waals surface area contributed by atoms with Gasteiger partial charge in [-0.15, -0.1) is 0 Å². The summed E-state index contributed by atoms with van der Waals surface area (Å²) in [5.41, 5.74) is 4.06. The lowest BCUT2D eigenvalue weighted by Gasteiger charge is -2.15. The largest absolute Gasteiger partial charge is 0.0992 e. The first-order valence-corrected chi connectivity index (χ1v) is 6.54. The summed E-state index contributed by atoms with van der Waals surface area (Å²) >= 11 is 0. The van der Waals surface area contributed by atoms with Crippen molar-refractivity contribution in [2.75, 3.05) is 0 Å². The minimum Gasteiger partial charge on any atom is -0.0992 e. The minimum absolute atomic E-state index is 0.440. The van der Waals surface area contributed by atoms with E-state index in [9.17, 15) is 0 Å². The quantitative estimate of drug-likeness (QED) is 0.642. The Hall–Kier alpha value is -1.82. The van der Waals surface area contributed by atoms with E-state index in [0.29, 0.717) is 5.92 Å².